The molecule has 0 saturated heterocycles. The van der Waals surface area contributed by atoms with Crippen LogP contribution in [-0.2, 0) is 14.8 Å². The third kappa shape index (κ3) is 5.86. The Morgan fingerprint density at radius 3 is 2.27 bits per heavy atom. The summed E-state index contributed by atoms with van der Waals surface area (Å²) >= 11 is 0. The highest BCUT2D eigenvalue weighted by Gasteiger charge is 2.20. The molecular formula is C19H24N2O4S. The van der Waals surface area contributed by atoms with Gasteiger partial charge in [-0.3, -0.25) is 4.79 Å². The van der Waals surface area contributed by atoms with Gasteiger partial charge in [-0.15, -0.1) is 0 Å². The Labute approximate surface area is 154 Å². The zero-order valence-electron chi connectivity index (χ0n) is 15.4. The van der Waals surface area contributed by atoms with Gasteiger partial charge in [0.25, 0.3) is 0 Å². The van der Waals surface area contributed by atoms with Crippen molar-refractivity contribution >= 4 is 21.6 Å². The molecule has 0 fully saturated rings. The first-order valence-electron chi connectivity index (χ1n) is 8.16. The average molecular weight is 376 g/mol. The second-order valence-corrected chi connectivity index (χ2v) is 8.05. The van der Waals surface area contributed by atoms with Crippen LogP contribution in [0.25, 0.3) is 0 Å². The van der Waals surface area contributed by atoms with E-state index in [1.54, 1.807) is 31.4 Å². The van der Waals surface area contributed by atoms with Crippen LogP contribution in [0.4, 0.5) is 5.69 Å². The molecule has 26 heavy (non-hydrogen) atoms. The Morgan fingerprint density at radius 1 is 1.08 bits per heavy atom. The van der Waals surface area contributed by atoms with Crippen molar-refractivity contribution in [2.45, 2.75) is 26.3 Å². The van der Waals surface area contributed by atoms with E-state index >= 15 is 0 Å². The number of hydrogen-bond donors (Lipinski definition) is 2. The molecular weight excluding hydrogens is 352 g/mol. The molecule has 140 valence electrons. The minimum Gasteiger partial charge on any atom is -0.497 e. The number of carbonyl (C=O) groups is 1. The van der Waals surface area contributed by atoms with Gasteiger partial charge in [-0.25, -0.2) is 13.1 Å². The highest BCUT2D eigenvalue weighted by molar-refractivity contribution is 7.88. The van der Waals surface area contributed by atoms with Crippen LogP contribution in [0, 0.1) is 13.8 Å². The van der Waals surface area contributed by atoms with E-state index < -0.39 is 16.1 Å². The molecule has 0 spiro atoms. The Morgan fingerprint density at radius 2 is 1.73 bits per heavy atom. The molecule has 7 heteroatoms. The van der Waals surface area contributed by atoms with Gasteiger partial charge >= 0.3 is 0 Å². The maximum atomic E-state index is 12.4. The minimum atomic E-state index is -3.48. The summed E-state index contributed by atoms with van der Waals surface area (Å²) in [5.74, 6) is 0.386. The van der Waals surface area contributed by atoms with E-state index in [1.807, 2.05) is 32.0 Å². The first kappa shape index (κ1) is 19.9. The van der Waals surface area contributed by atoms with E-state index in [2.05, 4.69) is 10.0 Å². The standard InChI is InChI=1S/C19H24N2O4S/c1-13-5-8-16(11-14(13)2)20-19(22)12-18(21-26(4,23)24)15-6-9-17(25-3)10-7-15/h5-11,18,21H,12H2,1-4H3,(H,20,22). The summed E-state index contributed by atoms with van der Waals surface area (Å²) in [6.07, 6.45) is 1.05. The number of sulfonamides is 1. The molecule has 0 radical (unpaired) electrons. The third-order valence-electron chi connectivity index (χ3n) is 4.05. The van der Waals surface area contributed by atoms with Crippen LogP contribution in [0.3, 0.4) is 0 Å². The Bertz CT molecular complexity index is 877. The number of nitrogens with one attached hydrogen (secondary N) is 2. The SMILES string of the molecule is COc1ccc(C(CC(=O)Nc2ccc(C)c(C)c2)NS(C)(=O)=O)cc1. The lowest BCUT2D eigenvalue weighted by molar-refractivity contribution is -0.116. The molecule has 0 aromatic heterocycles. The Balaban J connectivity index is 2.16. The van der Waals surface area contributed by atoms with Gasteiger partial charge in [-0.05, 0) is 54.8 Å². The molecule has 1 amide bonds. The number of hydrogen-bond acceptors (Lipinski definition) is 4. The normalized spacial score (nSPS) is 12.5. The summed E-state index contributed by atoms with van der Waals surface area (Å²) in [6.45, 7) is 3.97. The summed E-state index contributed by atoms with van der Waals surface area (Å²) in [7, 11) is -1.93. The summed E-state index contributed by atoms with van der Waals surface area (Å²) in [5.41, 5.74) is 3.58. The summed E-state index contributed by atoms with van der Waals surface area (Å²) in [6, 6.07) is 11.9. The van der Waals surface area contributed by atoms with Crippen molar-refractivity contribution in [3.63, 3.8) is 0 Å². The first-order valence-corrected chi connectivity index (χ1v) is 10.1. The molecule has 0 bridgehead atoms. The third-order valence-corrected chi connectivity index (χ3v) is 4.77. The molecule has 1 atom stereocenters. The predicted octanol–water partition coefficient (Wildman–Crippen LogP) is 2.93. The maximum Gasteiger partial charge on any atom is 0.226 e. The van der Waals surface area contributed by atoms with E-state index in [0.717, 1.165) is 17.4 Å². The smallest absolute Gasteiger partial charge is 0.226 e. The number of ether oxygens (including phenoxy) is 1. The van der Waals surface area contributed by atoms with Crippen molar-refractivity contribution < 1.29 is 17.9 Å². The lowest BCUT2D eigenvalue weighted by Crippen LogP contribution is -2.30. The van der Waals surface area contributed by atoms with Crippen molar-refractivity contribution in [2.75, 3.05) is 18.7 Å². The molecule has 0 aliphatic heterocycles. The maximum absolute atomic E-state index is 12.4. The van der Waals surface area contributed by atoms with Gasteiger partial charge in [0.1, 0.15) is 5.75 Å². The van der Waals surface area contributed by atoms with E-state index in [1.165, 1.54) is 0 Å². The molecule has 2 rings (SSSR count). The number of carbonyl (C=O) groups excluding carboxylic acids is 1. The van der Waals surface area contributed by atoms with Gasteiger partial charge in [-0.1, -0.05) is 18.2 Å². The molecule has 0 heterocycles. The Kier molecular flexibility index (Phi) is 6.39. The van der Waals surface area contributed by atoms with Gasteiger partial charge in [0.2, 0.25) is 15.9 Å². The predicted molar refractivity (Wildman–Crippen MR) is 103 cm³/mol. The molecule has 0 aliphatic carbocycles. The summed E-state index contributed by atoms with van der Waals surface area (Å²) < 4.78 is 31.0. The van der Waals surface area contributed by atoms with E-state index in [-0.39, 0.29) is 12.3 Å². The van der Waals surface area contributed by atoms with Crippen molar-refractivity contribution in [3.8, 4) is 5.75 Å². The minimum absolute atomic E-state index is 0.0215. The first-order chi connectivity index (χ1) is 12.2. The molecule has 0 aliphatic rings. The fourth-order valence-corrected chi connectivity index (χ4v) is 3.28. The molecule has 6 nitrogen and oxygen atoms in total. The fourth-order valence-electron chi connectivity index (χ4n) is 2.54. The zero-order chi connectivity index (χ0) is 19.3. The molecule has 1 unspecified atom stereocenters. The van der Waals surface area contributed by atoms with Crippen molar-refractivity contribution in [2.24, 2.45) is 0 Å². The second-order valence-electron chi connectivity index (χ2n) is 6.27. The highest BCUT2D eigenvalue weighted by Crippen LogP contribution is 2.22. The van der Waals surface area contributed by atoms with Gasteiger partial charge in [-0.2, -0.15) is 0 Å². The van der Waals surface area contributed by atoms with Crippen molar-refractivity contribution in [3.05, 3.63) is 59.2 Å². The van der Waals surface area contributed by atoms with Gasteiger partial charge in [0.05, 0.1) is 19.4 Å². The average Bonchev–Trinajstić information content (AvgIpc) is 2.56. The number of amides is 1. The van der Waals surface area contributed by atoms with Crippen LogP contribution < -0.4 is 14.8 Å². The number of methoxy groups -OCH3 is 1. The van der Waals surface area contributed by atoms with Crippen LogP contribution in [0.2, 0.25) is 0 Å². The number of rotatable bonds is 7. The van der Waals surface area contributed by atoms with E-state index in [9.17, 15) is 13.2 Å². The van der Waals surface area contributed by atoms with Gasteiger partial charge in [0, 0.05) is 12.1 Å². The van der Waals surface area contributed by atoms with Crippen LogP contribution in [0.15, 0.2) is 42.5 Å². The molecule has 2 aromatic carbocycles. The van der Waals surface area contributed by atoms with Crippen LogP contribution in [0.5, 0.6) is 5.75 Å². The zero-order valence-corrected chi connectivity index (χ0v) is 16.2. The quantitative estimate of drug-likeness (QED) is 0.778. The van der Waals surface area contributed by atoms with E-state index in [4.69, 9.17) is 4.74 Å². The molecule has 0 saturated carbocycles. The Hall–Kier alpha value is -2.38. The topological polar surface area (TPSA) is 84.5 Å². The monoisotopic (exact) mass is 376 g/mol. The summed E-state index contributed by atoms with van der Waals surface area (Å²) in [4.78, 5) is 12.4. The van der Waals surface area contributed by atoms with Crippen LogP contribution >= 0.6 is 0 Å². The second kappa shape index (κ2) is 8.33. The van der Waals surface area contributed by atoms with Crippen LogP contribution in [0.1, 0.15) is 29.2 Å². The molecule has 2 aromatic rings. The lowest BCUT2D eigenvalue weighted by atomic mass is 10.0. The van der Waals surface area contributed by atoms with Gasteiger partial charge in [0.15, 0.2) is 0 Å². The summed E-state index contributed by atoms with van der Waals surface area (Å²) in [5, 5.41) is 2.82. The highest BCUT2D eigenvalue weighted by atomic mass is 32.2. The van der Waals surface area contributed by atoms with Crippen molar-refractivity contribution in [1.29, 1.82) is 0 Å². The van der Waals surface area contributed by atoms with Gasteiger partial charge < -0.3 is 10.1 Å². The number of aryl methyl sites for hydroxylation is 2. The molecule has 2 N–H and O–H groups in total. The van der Waals surface area contributed by atoms with Crippen LogP contribution in [-0.4, -0.2) is 27.7 Å². The fraction of sp³-hybridized carbons (Fsp3) is 0.316. The number of anilines is 1. The van der Waals surface area contributed by atoms with Crippen molar-refractivity contribution in [1.82, 2.24) is 4.72 Å². The van der Waals surface area contributed by atoms with E-state index in [0.29, 0.717) is 17.0 Å². The number of benzene rings is 2. The lowest BCUT2D eigenvalue weighted by Gasteiger charge is -2.18. The largest absolute Gasteiger partial charge is 0.497 e.